The van der Waals surface area contributed by atoms with Crippen molar-refractivity contribution in [3.8, 4) is 0 Å². The molecule has 0 unspecified atom stereocenters. The Labute approximate surface area is 284 Å². The molecule has 256 valence electrons. The lowest BCUT2D eigenvalue weighted by Crippen LogP contribution is -2.64. The molecule has 8 heteroatoms. The summed E-state index contributed by atoms with van der Waals surface area (Å²) in [5, 5.41) is 28.6. The zero-order valence-corrected chi connectivity index (χ0v) is 28.7. The smallest absolute Gasteiger partial charge is 0.249 e. The lowest BCUT2D eigenvalue weighted by Gasteiger charge is -2.41. The standard InChI is InChI=1S/C40H51N3O5/c1-27(2)13-5-10-22-37(45)43(36(26-44)40(4,48)28(3)41)38(46)25-42-39(47)33(23-31-18-11-16-29-14-6-8-20-34(29)31)24-32-19-12-17-30-15-7-9-21-35(30)32/h6-9,11-12,14-21,27-28,33,36,44,48H,5,10,13,22-26,41H2,1-4H3,(H,42,47)/t28-,36+,40-/m0/s1. The van der Waals surface area contributed by atoms with Crippen molar-refractivity contribution in [3.05, 3.63) is 96.1 Å². The van der Waals surface area contributed by atoms with Crippen molar-refractivity contribution in [2.45, 2.75) is 83.9 Å². The molecule has 48 heavy (non-hydrogen) atoms. The quantitative estimate of drug-likeness (QED) is 0.117. The van der Waals surface area contributed by atoms with E-state index >= 15 is 0 Å². The number of nitrogens with zero attached hydrogens (tertiary/aromatic N) is 1. The summed E-state index contributed by atoms with van der Waals surface area (Å²) in [6.45, 7) is 6.05. The first-order chi connectivity index (χ1) is 22.9. The molecule has 0 aromatic heterocycles. The third kappa shape index (κ3) is 9.07. The number of benzene rings is 4. The molecule has 0 bridgehead atoms. The molecule has 0 aliphatic carbocycles. The fraction of sp³-hybridized carbons (Fsp3) is 0.425. The number of carbonyl (C=O) groups is 3. The van der Waals surface area contributed by atoms with Crippen LogP contribution in [0.2, 0.25) is 0 Å². The van der Waals surface area contributed by atoms with Crippen molar-refractivity contribution < 1.29 is 24.6 Å². The number of unbranched alkanes of at least 4 members (excludes halogenated alkanes) is 1. The van der Waals surface area contributed by atoms with E-state index in [0.29, 0.717) is 25.2 Å². The van der Waals surface area contributed by atoms with Crippen molar-refractivity contribution in [1.82, 2.24) is 10.2 Å². The van der Waals surface area contributed by atoms with Crippen molar-refractivity contribution in [2.24, 2.45) is 17.6 Å². The van der Waals surface area contributed by atoms with E-state index in [1.807, 2.05) is 84.9 Å². The maximum Gasteiger partial charge on any atom is 0.249 e. The fourth-order valence-electron chi connectivity index (χ4n) is 6.39. The van der Waals surface area contributed by atoms with Crippen LogP contribution in [0.4, 0.5) is 0 Å². The van der Waals surface area contributed by atoms with Gasteiger partial charge in [0.2, 0.25) is 17.7 Å². The topological polar surface area (TPSA) is 133 Å². The summed E-state index contributed by atoms with van der Waals surface area (Å²) in [6, 6.07) is 26.1. The molecule has 3 atom stereocenters. The number of rotatable bonds is 16. The van der Waals surface area contributed by atoms with Crippen molar-refractivity contribution in [2.75, 3.05) is 13.2 Å². The molecule has 0 heterocycles. The number of imide groups is 1. The molecule has 4 aromatic rings. The first kappa shape index (κ1) is 36.7. The van der Waals surface area contributed by atoms with E-state index in [4.69, 9.17) is 5.73 Å². The number of hydrogen-bond donors (Lipinski definition) is 4. The summed E-state index contributed by atoms with van der Waals surface area (Å²) in [5.41, 5.74) is 6.33. The molecule has 4 aromatic carbocycles. The van der Waals surface area contributed by atoms with Crippen molar-refractivity contribution >= 4 is 39.3 Å². The van der Waals surface area contributed by atoms with E-state index in [9.17, 15) is 24.6 Å². The van der Waals surface area contributed by atoms with E-state index < -0.39 is 48.6 Å². The normalized spacial score (nSPS) is 14.2. The lowest BCUT2D eigenvalue weighted by molar-refractivity contribution is -0.158. The highest BCUT2D eigenvalue weighted by atomic mass is 16.3. The first-order valence-electron chi connectivity index (χ1n) is 17.1. The largest absolute Gasteiger partial charge is 0.394 e. The summed E-state index contributed by atoms with van der Waals surface area (Å²) < 4.78 is 0. The van der Waals surface area contributed by atoms with Gasteiger partial charge in [-0.05, 0) is 71.7 Å². The predicted molar refractivity (Wildman–Crippen MR) is 192 cm³/mol. The number of fused-ring (bicyclic) bond motifs is 2. The molecule has 0 fully saturated rings. The van der Waals surface area contributed by atoms with E-state index in [1.54, 1.807) is 6.92 Å². The van der Waals surface area contributed by atoms with Gasteiger partial charge in [0.15, 0.2) is 0 Å². The summed E-state index contributed by atoms with van der Waals surface area (Å²) in [4.78, 5) is 42.3. The third-order valence-corrected chi connectivity index (χ3v) is 9.52. The van der Waals surface area contributed by atoms with Gasteiger partial charge in [0.1, 0.15) is 0 Å². The van der Waals surface area contributed by atoms with Gasteiger partial charge in [0, 0.05) is 18.4 Å². The van der Waals surface area contributed by atoms with Crippen LogP contribution in [0.25, 0.3) is 21.5 Å². The number of carbonyl (C=O) groups excluding carboxylic acids is 3. The van der Waals surface area contributed by atoms with Gasteiger partial charge < -0.3 is 21.3 Å². The monoisotopic (exact) mass is 653 g/mol. The van der Waals surface area contributed by atoms with Gasteiger partial charge in [-0.1, -0.05) is 112 Å². The average Bonchev–Trinajstić information content (AvgIpc) is 3.07. The van der Waals surface area contributed by atoms with Crippen LogP contribution in [-0.4, -0.2) is 63.7 Å². The summed E-state index contributed by atoms with van der Waals surface area (Å²) >= 11 is 0. The molecule has 0 radical (unpaired) electrons. The minimum Gasteiger partial charge on any atom is -0.394 e. The highest BCUT2D eigenvalue weighted by Gasteiger charge is 2.43. The Morgan fingerprint density at radius 3 is 1.81 bits per heavy atom. The summed E-state index contributed by atoms with van der Waals surface area (Å²) in [6.07, 6.45) is 3.24. The van der Waals surface area contributed by atoms with Gasteiger partial charge in [-0.2, -0.15) is 0 Å². The Morgan fingerprint density at radius 1 is 0.792 bits per heavy atom. The Hall–Kier alpha value is -4.11. The van der Waals surface area contributed by atoms with Gasteiger partial charge in [0.05, 0.1) is 24.8 Å². The molecule has 0 saturated heterocycles. The van der Waals surface area contributed by atoms with Crippen LogP contribution in [0.3, 0.4) is 0 Å². The van der Waals surface area contributed by atoms with Crippen LogP contribution in [0, 0.1) is 11.8 Å². The molecule has 0 aliphatic rings. The molecule has 0 spiro atoms. The second-order valence-corrected chi connectivity index (χ2v) is 13.6. The van der Waals surface area contributed by atoms with Crippen LogP contribution in [0.15, 0.2) is 84.9 Å². The Morgan fingerprint density at radius 2 is 1.31 bits per heavy atom. The van der Waals surface area contributed by atoms with Crippen LogP contribution in [0.1, 0.15) is 64.5 Å². The molecular weight excluding hydrogens is 602 g/mol. The maximum absolute atomic E-state index is 14.1. The van der Waals surface area contributed by atoms with Gasteiger partial charge in [0.25, 0.3) is 0 Å². The van der Waals surface area contributed by atoms with Crippen LogP contribution < -0.4 is 11.1 Å². The summed E-state index contributed by atoms with van der Waals surface area (Å²) in [7, 11) is 0. The molecule has 4 rings (SSSR count). The predicted octanol–water partition coefficient (Wildman–Crippen LogP) is 5.54. The second kappa shape index (κ2) is 16.8. The molecule has 5 N–H and O–H groups in total. The number of nitrogens with one attached hydrogen (secondary N) is 1. The maximum atomic E-state index is 14.1. The highest BCUT2D eigenvalue weighted by molar-refractivity contribution is 5.98. The van der Waals surface area contributed by atoms with Crippen molar-refractivity contribution in [3.63, 3.8) is 0 Å². The molecular formula is C40H51N3O5. The van der Waals surface area contributed by atoms with Gasteiger partial charge in [-0.15, -0.1) is 0 Å². The van der Waals surface area contributed by atoms with Crippen molar-refractivity contribution in [1.29, 1.82) is 0 Å². The number of amides is 3. The van der Waals surface area contributed by atoms with E-state index in [2.05, 4.69) is 19.2 Å². The molecule has 0 saturated carbocycles. The lowest BCUT2D eigenvalue weighted by atomic mass is 9.87. The third-order valence-electron chi connectivity index (χ3n) is 9.52. The number of nitrogens with two attached hydrogens (primary N) is 1. The summed E-state index contributed by atoms with van der Waals surface area (Å²) in [5.74, 6) is -1.59. The second-order valence-electron chi connectivity index (χ2n) is 13.6. The zero-order chi connectivity index (χ0) is 34.8. The SMILES string of the molecule is CC(C)CCCCC(=O)N(C(=O)CNC(=O)C(Cc1cccc2ccccc12)Cc1cccc2ccccc12)[C@H](CO)[C@@](C)(O)[C@H](C)N. The van der Waals surface area contributed by atoms with Gasteiger partial charge >= 0.3 is 0 Å². The van der Waals surface area contributed by atoms with Gasteiger partial charge in [-0.3, -0.25) is 19.3 Å². The minimum atomic E-state index is -1.76. The van der Waals surface area contributed by atoms with Crippen LogP contribution in [-0.2, 0) is 27.2 Å². The molecule has 0 aliphatic heterocycles. The number of hydrogen-bond acceptors (Lipinski definition) is 6. The highest BCUT2D eigenvalue weighted by Crippen LogP contribution is 2.27. The molecule has 3 amide bonds. The Balaban J connectivity index is 1.60. The Kier molecular flexibility index (Phi) is 12.9. The van der Waals surface area contributed by atoms with E-state index in [1.165, 1.54) is 6.92 Å². The van der Waals surface area contributed by atoms with Gasteiger partial charge in [-0.25, -0.2) is 0 Å². The number of aliphatic hydroxyl groups is 2. The fourth-order valence-corrected chi connectivity index (χ4v) is 6.39. The average molecular weight is 654 g/mol. The van der Waals surface area contributed by atoms with E-state index in [0.717, 1.165) is 50.4 Å². The van der Waals surface area contributed by atoms with Crippen LogP contribution in [0.5, 0.6) is 0 Å². The Bertz CT molecular complexity index is 1610. The molecule has 8 nitrogen and oxygen atoms in total. The van der Waals surface area contributed by atoms with Crippen LogP contribution >= 0.6 is 0 Å². The zero-order valence-electron chi connectivity index (χ0n) is 28.7. The van der Waals surface area contributed by atoms with E-state index in [-0.39, 0.29) is 12.3 Å². The first-order valence-corrected chi connectivity index (χ1v) is 17.1. The number of aliphatic hydroxyl groups excluding tert-OH is 1. The minimum absolute atomic E-state index is 0.0721.